The highest BCUT2D eigenvalue weighted by Crippen LogP contribution is 2.35. The molecule has 0 spiro atoms. The number of aromatic hydroxyl groups is 1. The van der Waals surface area contributed by atoms with Gasteiger partial charge in [0.15, 0.2) is 16.3 Å². The Bertz CT molecular complexity index is 1440. The number of aromatic nitrogens is 1. The highest BCUT2D eigenvalue weighted by Gasteiger charge is 2.31. The molecule has 1 aliphatic heterocycles. The molecular formula is C25H24N2O6S. The maximum Gasteiger partial charge on any atom is 0.337 e. The average molecular weight is 481 g/mol. The van der Waals surface area contributed by atoms with E-state index in [1.54, 1.807) is 48.5 Å². The van der Waals surface area contributed by atoms with Gasteiger partial charge >= 0.3 is 5.97 Å². The second kappa shape index (κ2) is 9.96. The van der Waals surface area contributed by atoms with Crippen LogP contribution in [0.2, 0.25) is 0 Å². The first kappa shape index (κ1) is 23.3. The van der Waals surface area contributed by atoms with Crippen LogP contribution in [0.1, 0.15) is 31.0 Å². The van der Waals surface area contributed by atoms with E-state index >= 15 is 0 Å². The Kier molecular flexibility index (Phi) is 6.83. The van der Waals surface area contributed by atoms with Crippen LogP contribution in [-0.4, -0.2) is 36.0 Å². The molecule has 0 fully saturated rings. The number of methoxy groups -OCH3 is 1. The molecule has 1 aliphatic rings. The van der Waals surface area contributed by atoms with E-state index in [9.17, 15) is 14.7 Å². The number of hydrogen-bond acceptors (Lipinski definition) is 8. The molecule has 1 aromatic heterocycles. The molecule has 176 valence electrons. The number of para-hydroxylation sites is 1. The van der Waals surface area contributed by atoms with Gasteiger partial charge in [0.2, 0.25) is 0 Å². The van der Waals surface area contributed by atoms with Crippen molar-refractivity contribution in [3.63, 3.8) is 0 Å². The molecule has 9 heteroatoms. The maximum atomic E-state index is 13.5. The number of hydrogen-bond donors (Lipinski definition) is 1. The van der Waals surface area contributed by atoms with E-state index in [1.807, 2.05) is 13.8 Å². The molecule has 2 aromatic carbocycles. The molecule has 0 unspecified atom stereocenters. The lowest BCUT2D eigenvalue weighted by molar-refractivity contribution is -0.136. The van der Waals surface area contributed by atoms with Crippen LogP contribution in [0.4, 0.5) is 0 Å². The van der Waals surface area contributed by atoms with E-state index in [4.69, 9.17) is 14.2 Å². The van der Waals surface area contributed by atoms with Gasteiger partial charge in [0.05, 0.1) is 36.5 Å². The first-order valence-corrected chi connectivity index (χ1v) is 11.6. The van der Waals surface area contributed by atoms with Crippen LogP contribution in [0.25, 0.3) is 6.08 Å². The lowest BCUT2D eigenvalue weighted by Crippen LogP contribution is -2.39. The number of ether oxygens (including phenoxy) is 3. The van der Waals surface area contributed by atoms with Crippen molar-refractivity contribution in [2.45, 2.75) is 19.9 Å². The third-order valence-corrected chi connectivity index (χ3v) is 6.23. The summed E-state index contributed by atoms with van der Waals surface area (Å²) in [6.07, 6.45) is 3.05. The van der Waals surface area contributed by atoms with Crippen LogP contribution in [0.5, 0.6) is 17.2 Å². The zero-order valence-corrected chi connectivity index (χ0v) is 19.8. The number of fused-ring (bicyclic) bond motifs is 1. The molecular weight excluding hydrogens is 456 g/mol. The number of phenolic OH excluding ortho intramolecular Hbond substituents is 1. The summed E-state index contributed by atoms with van der Waals surface area (Å²) in [7, 11) is 1.29. The second-order valence-electron chi connectivity index (χ2n) is 7.31. The third kappa shape index (κ3) is 4.34. The van der Waals surface area contributed by atoms with Gasteiger partial charge in [-0.25, -0.2) is 9.79 Å². The Balaban J connectivity index is 1.92. The van der Waals surface area contributed by atoms with Crippen molar-refractivity contribution in [1.29, 1.82) is 0 Å². The number of phenols is 1. The SMILES string of the molecule is CCOc1ccc([C@H]2C(C(=O)OC)=CN=c3s/c(=C\c4ccccc4O)c(=O)n32)cc1OCC. The van der Waals surface area contributed by atoms with Crippen LogP contribution < -0.4 is 24.4 Å². The minimum atomic E-state index is -0.773. The summed E-state index contributed by atoms with van der Waals surface area (Å²) >= 11 is 1.18. The summed E-state index contributed by atoms with van der Waals surface area (Å²) < 4.78 is 18.2. The van der Waals surface area contributed by atoms with E-state index in [0.29, 0.717) is 45.2 Å². The minimum absolute atomic E-state index is 0.0630. The highest BCUT2D eigenvalue weighted by atomic mass is 32.1. The topological polar surface area (TPSA) is 99.4 Å². The molecule has 0 radical (unpaired) electrons. The van der Waals surface area contributed by atoms with Gasteiger partial charge in [0.25, 0.3) is 5.56 Å². The molecule has 2 heterocycles. The fraction of sp³-hybridized carbons (Fsp3) is 0.240. The van der Waals surface area contributed by atoms with Crippen LogP contribution in [-0.2, 0) is 9.53 Å². The van der Waals surface area contributed by atoms with Gasteiger partial charge in [-0.3, -0.25) is 9.36 Å². The molecule has 1 N–H and O–H groups in total. The van der Waals surface area contributed by atoms with Gasteiger partial charge < -0.3 is 19.3 Å². The Morgan fingerprint density at radius 1 is 1.15 bits per heavy atom. The predicted octanol–water partition coefficient (Wildman–Crippen LogP) is 2.52. The smallest absolute Gasteiger partial charge is 0.337 e. The summed E-state index contributed by atoms with van der Waals surface area (Å²) in [6, 6.07) is 11.3. The van der Waals surface area contributed by atoms with Crippen molar-refractivity contribution >= 4 is 23.4 Å². The number of rotatable bonds is 7. The standard InChI is InChI=1S/C25H24N2O6S/c1-4-32-19-11-10-16(12-20(19)33-5-2)22-17(24(30)31-3)14-26-25-27(22)23(29)21(34-25)13-15-8-6-7-9-18(15)28/h6-14,22,28H,4-5H2,1-3H3/b21-13-/t22-/m0/s1. The van der Waals surface area contributed by atoms with E-state index in [1.165, 1.54) is 29.2 Å². The van der Waals surface area contributed by atoms with E-state index in [0.717, 1.165) is 0 Å². The van der Waals surface area contributed by atoms with Gasteiger partial charge in [-0.2, -0.15) is 0 Å². The quantitative estimate of drug-likeness (QED) is 0.522. The fourth-order valence-corrected chi connectivity index (χ4v) is 4.70. The van der Waals surface area contributed by atoms with Gasteiger partial charge in [0, 0.05) is 11.8 Å². The summed E-state index contributed by atoms with van der Waals surface area (Å²) in [4.78, 5) is 30.9. The summed E-state index contributed by atoms with van der Waals surface area (Å²) in [5, 5.41) is 10.1. The van der Waals surface area contributed by atoms with Crippen molar-refractivity contribution in [3.05, 3.63) is 85.1 Å². The fourth-order valence-electron chi connectivity index (χ4n) is 3.74. The number of carbonyl (C=O) groups excluding carboxylic acids is 1. The van der Waals surface area contributed by atoms with Crippen molar-refractivity contribution in [2.75, 3.05) is 20.3 Å². The van der Waals surface area contributed by atoms with Crippen molar-refractivity contribution in [3.8, 4) is 17.2 Å². The number of nitrogens with zero attached hydrogens (tertiary/aromatic N) is 2. The van der Waals surface area contributed by atoms with Crippen LogP contribution in [0, 0.1) is 0 Å². The first-order chi connectivity index (χ1) is 16.5. The van der Waals surface area contributed by atoms with Crippen LogP contribution >= 0.6 is 11.3 Å². The van der Waals surface area contributed by atoms with Crippen molar-refractivity contribution in [2.24, 2.45) is 4.99 Å². The molecule has 0 aliphatic carbocycles. The molecule has 0 saturated carbocycles. The zero-order chi connectivity index (χ0) is 24.2. The average Bonchev–Trinajstić information content (AvgIpc) is 3.16. The van der Waals surface area contributed by atoms with E-state index in [-0.39, 0.29) is 16.9 Å². The lowest BCUT2D eigenvalue weighted by Gasteiger charge is -2.23. The number of benzene rings is 2. The number of carbonyl (C=O) groups is 1. The molecule has 0 bridgehead atoms. The van der Waals surface area contributed by atoms with Gasteiger partial charge in [-0.1, -0.05) is 35.6 Å². The Morgan fingerprint density at radius 3 is 2.59 bits per heavy atom. The molecule has 0 saturated heterocycles. The first-order valence-electron chi connectivity index (χ1n) is 10.7. The zero-order valence-electron chi connectivity index (χ0n) is 19.0. The maximum absolute atomic E-state index is 13.5. The number of thiazole rings is 1. The molecule has 34 heavy (non-hydrogen) atoms. The Hall–Kier alpha value is -3.85. The summed E-state index contributed by atoms with van der Waals surface area (Å²) in [6.45, 7) is 4.63. The summed E-state index contributed by atoms with van der Waals surface area (Å²) in [5.41, 5.74) is 1.04. The molecule has 1 atom stereocenters. The molecule has 3 aromatic rings. The van der Waals surface area contributed by atoms with Gasteiger partial charge in [0.1, 0.15) is 5.75 Å². The van der Waals surface area contributed by atoms with E-state index < -0.39 is 12.0 Å². The van der Waals surface area contributed by atoms with Gasteiger partial charge in [-0.05, 0) is 43.7 Å². The van der Waals surface area contributed by atoms with Crippen molar-refractivity contribution in [1.82, 2.24) is 4.57 Å². The highest BCUT2D eigenvalue weighted by molar-refractivity contribution is 7.07. The largest absolute Gasteiger partial charge is 0.507 e. The minimum Gasteiger partial charge on any atom is -0.507 e. The normalized spacial score (nSPS) is 15.2. The second-order valence-corrected chi connectivity index (χ2v) is 8.32. The molecule has 4 rings (SSSR count). The van der Waals surface area contributed by atoms with Crippen molar-refractivity contribution < 1.29 is 24.1 Å². The van der Waals surface area contributed by atoms with Gasteiger partial charge in [-0.15, -0.1) is 0 Å². The Morgan fingerprint density at radius 2 is 1.88 bits per heavy atom. The molecule has 8 nitrogen and oxygen atoms in total. The summed E-state index contributed by atoms with van der Waals surface area (Å²) in [5.74, 6) is 0.562. The van der Waals surface area contributed by atoms with E-state index in [2.05, 4.69) is 4.99 Å². The predicted molar refractivity (Wildman–Crippen MR) is 128 cm³/mol. The van der Waals surface area contributed by atoms with Crippen LogP contribution in [0.3, 0.4) is 0 Å². The third-order valence-electron chi connectivity index (χ3n) is 5.23. The van der Waals surface area contributed by atoms with Crippen LogP contribution in [0.15, 0.2) is 64.0 Å². The number of esters is 1. The molecule has 0 amide bonds. The Labute approximate surface area is 199 Å². The monoisotopic (exact) mass is 480 g/mol. The lowest BCUT2D eigenvalue weighted by atomic mass is 9.97.